The van der Waals surface area contributed by atoms with E-state index in [1.165, 1.54) is 5.01 Å². The number of carbonyl (C=O) groups excluding carboxylic acids is 1. The summed E-state index contributed by atoms with van der Waals surface area (Å²) in [6.45, 7) is 1.49. The lowest BCUT2D eigenvalue weighted by atomic mass is 9.98. The third-order valence-corrected chi connectivity index (χ3v) is 5.64. The number of carbonyl (C=O) groups is 1. The maximum Gasteiger partial charge on any atom is 0.321 e. The van der Waals surface area contributed by atoms with Crippen LogP contribution in [0.2, 0.25) is 0 Å². The summed E-state index contributed by atoms with van der Waals surface area (Å²) in [7, 11) is 0. The van der Waals surface area contributed by atoms with Crippen LogP contribution in [0.5, 0.6) is 0 Å². The molecule has 0 unspecified atom stereocenters. The number of nitrogens with zero attached hydrogens (tertiary/aromatic N) is 3. The number of hydrogen-bond donors (Lipinski definition) is 1. The van der Waals surface area contributed by atoms with Gasteiger partial charge >= 0.3 is 6.03 Å². The van der Waals surface area contributed by atoms with Crippen LogP contribution in [0.3, 0.4) is 0 Å². The minimum atomic E-state index is -0.0550. The Balaban J connectivity index is 1.35. The molecule has 1 aromatic carbocycles. The highest BCUT2D eigenvalue weighted by molar-refractivity contribution is 7.10. The largest absolute Gasteiger partial charge is 0.324 e. The molecule has 3 aromatic rings. The van der Waals surface area contributed by atoms with Crippen LogP contribution >= 0.6 is 11.3 Å². The van der Waals surface area contributed by atoms with E-state index >= 15 is 0 Å². The molecule has 0 spiro atoms. The summed E-state index contributed by atoms with van der Waals surface area (Å²) in [6.07, 6.45) is 5.24. The highest BCUT2D eigenvalue weighted by Gasteiger charge is 2.25. The molecule has 1 aliphatic heterocycles. The molecule has 1 N–H and O–H groups in total. The van der Waals surface area contributed by atoms with Gasteiger partial charge in [-0.05, 0) is 25.0 Å². The van der Waals surface area contributed by atoms with Crippen molar-refractivity contribution in [1.82, 2.24) is 14.9 Å². The topological polar surface area (TPSA) is 58.1 Å². The summed E-state index contributed by atoms with van der Waals surface area (Å²) in [6, 6.07) is 13.9. The number of piperidine rings is 1. The summed E-state index contributed by atoms with van der Waals surface area (Å²) in [5.74, 6) is 0.430. The molecule has 5 nitrogen and oxygen atoms in total. The summed E-state index contributed by atoms with van der Waals surface area (Å²) in [5, 5.41) is 6.21. The van der Waals surface area contributed by atoms with Gasteiger partial charge < -0.3 is 10.2 Å². The van der Waals surface area contributed by atoms with Gasteiger partial charge in [-0.1, -0.05) is 30.3 Å². The van der Waals surface area contributed by atoms with Gasteiger partial charge in [0.1, 0.15) is 0 Å². The molecule has 132 valence electrons. The first-order valence-electron chi connectivity index (χ1n) is 8.76. The molecule has 1 saturated heterocycles. The maximum absolute atomic E-state index is 12.4. The number of aromatic nitrogens is 2. The Hall–Kier alpha value is -2.73. The first-order valence-corrected chi connectivity index (χ1v) is 9.64. The molecule has 2 aromatic heterocycles. The number of urea groups is 1. The first-order chi connectivity index (χ1) is 12.8. The standard InChI is InChI=1S/C20H20N4OS/c25-20(22-17-7-4-10-21-13-17)24-11-8-16(9-12-24)19-23-18(14-26-19)15-5-2-1-3-6-15/h1-7,10,13-14,16H,8-9,11-12H2,(H,22,25). The summed E-state index contributed by atoms with van der Waals surface area (Å²) >= 11 is 1.72. The van der Waals surface area contributed by atoms with Crippen molar-refractivity contribution >= 4 is 23.1 Å². The van der Waals surface area contributed by atoms with Crippen LogP contribution in [0.25, 0.3) is 11.3 Å². The predicted octanol–water partition coefficient (Wildman–Crippen LogP) is 4.62. The highest BCUT2D eigenvalue weighted by atomic mass is 32.1. The van der Waals surface area contributed by atoms with Crippen molar-refractivity contribution in [2.24, 2.45) is 0 Å². The third-order valence-electron chi connectivity index (χ3n) is 4.64. The molecular formula is C20H20N4OS. The molecular weight excluding hydrogens is 344 g/mol. The lowest BCUT2D eigenvalue weighted by molar-refractivity contribution is 0.194. The van der Waals surface area contributed by atoms with Crippen LogP contribution in [0.15, 0.2) is 60.2 Å². The fraction of sp³-hybridized carbons (Fsp3) is 0.250. The van der Waals surface area contributed by atoms with Crippen LogP contribution in [0.1, 0.15) is 23.8 Å². The summed E-state index contributed by atoms with van der Waals surface area (Å²) in [5.41, 5.74) is 2.93. The van der Waals surface area contributed by atoms with Crippen molar-refractivity contribution in [2.45, 2.75) is 18.8 Å². The number of hydrogen-bond acceptors (Lipinski definition) is 4. The van der Waals surface area contributed by atoms with E-state index in [1.807, 2.05) is 35.2 Å². The van der Waals surface area contributed by atoms with Crippen LogP contribution < -0.4 is 5.32 Å². The summed E-state index contributed by atoms with van der Waals surface area (Å²) < 4.78 is 0. The van der Waals surface area contributed by atoms with Crippen molar-refractivity contribution in [1.29, 1.82) is 0 Å². The monoisotopic (exact) mass is 364 g/mol. The Kier molecular flexibility index (Phi) is 4.93. The molecule has 3 heterocycles. The minimum Gasteiger partial charge on any atom is -0.324 e. The highest BCUT2D eigenvalue weighted by Crippen LogP contribution is 2.33. The second-order valence-electron chi connectivity index (χ2n) is 6.37. The second-order valence-corrected chi connectivity index (χ2v) is 7.26. The Morgan fingerprint density at radius 2 is 1.92 bits per heavy atom. The molecule has 6 heteroatoms. The molecule has 0 saturated carbocycles. The van der Waals surface area contributed by atoms with Gasteiger partial charge in [-0.2, -0.15) is 0 Å². The smallest absolute Gasteiger partial charge is 0.321 e. The van der Waals surface area contributed by atoms with E-state index in [-0.39, 0.29) is 6.03 Å². The fourth-order valence-corrected chi connectivity index (χ4v) is 4.19. The van der Waals surface area contributed by atoms with Gasteiger partial charge in [0.25, 0.3) is 0 Å². The second kappa shape index (κ2) is 7.66. The minimum absolute atomic E-state index is 0.0550. The van der Waals surface area contributed by atoms with Gasteiger partial charge in [0, 0.05) is 36.1 Å². The molecule has 0 radical (unpaired) electrons. The molecule has 0 bridgehead atoms. The number of benzene rings is 1. The first kappa shape index (κ1) is 16.7. The zero-order chi connectivity index (χ0) is 17.8. The number of rotatable bonds is 3. The predicted molar refractivity (Wildman–Crippen MR) is 104 cm³/mol. The summed E-state index contributed by atoms with van der Waals surface area (Å²) in [4.78, 5) is 23.1. The van der Waals surface area contributed by atoms with Crippen molar-refractivity contribution in [3.05, 3.63) is 65.2 Å². The van der Waals surface area contributed by atoms with E-state index < -0.39 is 0 Å². The van der Waals surface area contributed by atoms with Gasteiger partial charge in [-0.25, -0.2) is 9.78 Å². The van der Waals surface area contributed by atoms with E-state index in [0.29, 0.717) is 5.92 Å². The average molecular weight is 364 g/mol. The molecule has 0 atom stereocenters. The Labute approximate surface area is 156 Å². The van der Waals surface area contributed by atoms with Crippen molar-refractivity contribution in [3.63, 3.8) is 0 Å². The quantitative estimate of drug-likeness (QED) is 0.738. The van der Waals surface area contributed by atoms with Crippen LogP contribution in [-0.4, -0.2) is 34.0 Å². The molecule has 1 aliphatic rings. The van der Waals surface area contributed by atoms with E-state index in [2.05, 4.69) is 27.8 Å². The van der Waals surface area contributed by atoms with Gasteiger partial charge in [-0.15, -0.1) is 11.3 Å². The van der Waals surface area contributed by atoms with Crippen LogP contribution in [0, 0.1) is 0 Å². The lowest BCUT2D eigenvalue weighted by Gasteiger charge is -2.31. The van der Waals surface area contributed by atoms with E-state index in [0.717, 1.165) is 42.9 Å². The van der Waals surface area contributed by atoms with E-state index in [4.69, 9.17) is 4.98 Å². The third kappa shape index (κ3) is 3.75. The Morgan fingerprint density at radius 1 is 1.12 bits per heavy atom. The van der Waals surface area contributed by atoms with Crippen molar-refractivity contribution in [3.8, 4) is 11.3 Å². The van der Waals surface area contributed by atoms with E-state index in [1.54, 1.807) is 23.7 Å². The molecule has 4 rings (SSSR count). The Morgan fingerprint density at radius 3 is 2.65 bits per heavy atom. The molecule has 26 heavy (non-hydrogen) atoms. The van der Waals surface area contributed by atoms with Crippen molar-refractivity contribution < 1.29 is 4.79 Å². The molecule has 1 fully saturated rings. The zero-order valence-electron chi connectivity index (χ0n) is 14.3. The van der Waals surface area contributed by atoms with Crippen molar-refractivity contribution in [2.75, 3.05) is 18.4 Å². The van der Waals surface area contributed by atoms with Gasteiger partial charge in [0.15, 0.2) is 0 Å². The SMILES string of the molecule is O=C(Nc1cccnc1)N1CCC(c2nc(-c3ccccc3)cs2)CC1. The van der Waals surface area contributed by atoms with Gasteiger partial charge in [-0.3, -0.25) is 4.98 Å². The maximum atomic E-state index is 12.4. The number of likely N-dealkylation sites (tertiary alicyclic amines) is 1. The number of nitrogens with one attached hydrogen (secondary N) is 1. The number of anilines is 1. The van der Waals surface area contributed by atoms with Gasteiger partial charge in [0.2, 0.25) is 0 Å². The van der Waals surface area contributed by atoms with Crippen LogP contribution in [-0.2, 0) is 0 Å². The van der Waals surface area contributed by atoms with Gasteiger partial charge in [0.05, 0.1) is 22.6 Å². The van der Waals surface area contributed by atoms with Crippen LogP contribution in [0.4, 0.5) is 10.5 Å². The molecule has 0 aliphatic carbocycles. The number of amides is 2. The zero-order valence-corrected chi connectivity index (χ0v) is 15.2. The average Bonchev–Trinajstić information content (AvgIpc) is 3.20. The number of thiazole rings is 1. The lowest BCUT2D eigenvalue weighted by Crippen LogP contribution is -2.40. The van der Waals surface area contributed by atoms with E-state index in [9.17, 15) is 4.79 Å². The Bertz CT molecular complexity index is 858. The fourth-order valence-electron chi connectivity index (χ4n) is 3.19. The normalized spacial score (nSPS) is 15.0. The number of pyridine rings is 1. The molecule has 2 amide bonds.